The Morgan fingerprint density at radius 1 is 1.19 bits per heavy atom. The van der Waals surface area contributed by atoms with Crippen LogP contribution in [0.1, 0.15) is 0 Å². The summed E-state index contributed by atoms with van der Waals surface area (Å²) in [6, 6.07) is 0. The predicted molar refractivity (Wildman–Crippen MR) is 44.8 cm³/mol. The Morgan fingerprint density at radius 3 is 2.19 bits per heavy atom. The normalized spacial score (nSPS) is 15.8. The number of nitrogens with zero attached hydrogens (tertiary/aromatic N) is 2. The highest BCUT2D eigenvalue weighted by atomic mass is 19.1. The van der Waals surface area contributed by atoms with E-state index in [1.807, 2.05) is 0 Å². The Bertz CT molecular complexity index is 473. The van der Waals surface area contributed by atoms with E-state index < -0.39 is 34.6 Å². The van der Waals surface area contributed by atoms with Crippen molar-refractivity contribution in [1.29, 1.82) is 5.26 Å². The molecule has 2 N–H and O–H groups in total. The first-order valence-corrected chi connectivity index (χ1v) is 3.71. The summed E-state index contributed by atoms with van der Waals surface area (Å²) in [6.07, 6.45) is 1.20. The van der Waals surface area contributed by atoms with Gasteiger partial charge in [0.1, 0.15) is 5.70 Å². The number of halogens is 2. The van der Waals surface area contributed by atoms with Gasteiger partial charge in [-0.05, 0) is 0 Å². The van der Waals surface area contributed by atoms with Crippen LogP contribution in [0.4, 0.5) is 8.78 Å². The maximum absolute atomic E-state index is 13.2. The second-order valence-corrected chi connectivity index (χ2v) is 2.50. The Balaban J connectivity index is 3.28. The van der Waals surface area contributed by atoms with Crippen molar-refractivity contribution in [3.05, 3.63) is 34.6 Å². The second kappa shape index (κ2) is 4.19. The Hall–Kier alpha value is -2.74. The molecule has 8 heteroatoms. The van der Waals surface area contributed by atoms with Crippen LogP contribution in [0.15, 0.2) is 23.0 Å². The first-order valence-electron chi connectivity index (χ1n) is 3.71. The van der Waals surface area contributed by atoms with Crippen molar-refractivity contribution in [3.8, 4) is 6.19 Å². The molecule has 0 saturated heterocycles. The molecule has 0 saturated carbocycles. The average molecular weight is 224 g/mol. The van der Waals surface area contributed by atoms with Gasteiger partial charge in [-0.15, -0.1) is 0 Å². The van der Waals surface area contributed by atoms with E-state index in [1.54, 1.807) is 10.7 Å². The fourth-order valence-corrected chi connectivity index (χ4v) is 0.969. The zero-order chi connectivity index (χ0) is 12.3. The largest absolute Gasteiger partial charge is 0.286 e. The highest BCUT2D eigenvalue weighted by molar-refractivity contribution is 6.23. The second-order valence-electron chi connectivity index (χ2n) is 2.50. The number of rotatable bonds is 2. The molecule has 1 aliphatic carbocycles. The first-order chi connectivity index (χ1) is 7.54. The van der Waals surface area contributed by atoms with E-state index >= 15 is 0 Å². The SMILES string of the molecule is [C-]#[N+]NC1=C(F)C(=O)C(NC#N)=C(F)C1=O. The zero-order valence-electron chi connectivity index (χ0n) is 7.47. The third-order valence-electron chi connectivity index (χ3n) is 1.64. The van der Waals surface area contributed by atoms with Crippen LogP contribution in [0, 0.1) is 18.0 Å². The van der Waals surface area contributed by atoms with Gasteiger partial charge in [-0.2, -0.15) is 21.2 Å². The highest BCUT2D eigenvalue weighted by Gasteiger charge is 2.37. The number of ketones is 2. The Morgan fingerprint density at radius 2 is 1.69 bits per heavy atom. The van der Waals surface area contributed by atoms with Gasteiger partial charge in [0.2, 0.25) is 23.2 Å². The van der Waals surface area contributed by atoms with Gasteiger partial charge in [-0.1, -0.05) is 5.43 Å². The van der Waals surface area contributed by atoms with Crippen LogP contribution in [-0.4, -0.2) is 11.6 Å². The lowest BCUT2D eigenvalue weighted by molar-refractivity contribution is -0.119. The average Bonchev–Trinajstić information content (AvgIpc) is 2.28. The van der Waals surface area contributed by atoms with Crippen molar-refractivity contribution in [2.45, 2.75) is 0 Å². The van der Waals surface area contributed by atoms with Gasteiger partial charge < -0.3 is 0 Å². The molecule has 0 fully saturated rings. The number of hydrogen-bond donors (Lipinski definition) is 2. The van der Waals surface area contributed by atoms with Crippen LogP contribution in [-0.2, 0) is 9.59 Å². The maximum Gasteiger partial charge on any atom is 0.249 e. The van der Waals surface area contributed by atoms with Crippen LogP contribution >= 0.6 is 0 Å². The van der Waals surface area contributed by atoms with Crippen molar-refractivity contribution in [2.24, 2.45) is 0 Å². The van der Waals surface area contributed by atoms with Gasteiger partial charge in [0, 0.05) is 0 Å². The molecule has 0 aliphatic heterocycles. The third kappa shape index (κ3) is 1.60. The molecule has 0 heterocycles. The number of nitrogens with one attached hydrogen (secondary N) is 2. The molecule has 0 unspecified atom stereocenters. The summed E-state index contributed by atoms with van der Waals surface area (Å²) in [5.41, 5.74) is -0.589. The Labute approximate surface area is 87.6 Å². The standard InChI is InChI=1S/C8H2F2N4O2/c1-12-14-6-4(10)7(15)5(13-2-11)3(9)8(6)16/h13-14H. The molecule has 16 heavy (non-hydrogen) atoms. The summed E-state index contributed by atoms with van der Waals surface area (Å²) >= 11 is 0. The van der Waals surface area contributed by atoms with Gasteiger partial charge in [-0.25, -0.2) is 4.39 Å². The predicted octanol–water partition coefficient (Wildman–Crippen LogP) is -0.00503. The number of carbonyl (C=O) groups excluding carboxylic acids is 2. The van der Waals surface area contributed by atoms with E-state index in [0.29, 0.717) is 0 Å². The van der Waals surface area contributed by atoms with E-state index in [4.69, 9.17) is 11.8 Å². The first kappa shape index (κ1) is 11.3. The lowest BCUT2D eigenvalue weighted by Gasteiger charge is -2.11. The van der Waals surface area contributed by atoms with Crippen LogP contribution in [0.25, 0.3) is 4.95 Å². The smallest absolute Gasteiger partial charge is 0.249 e. The number of allylic oxidation sites excluding steroid dienone is 2. The molecule has 0 aromatic carbocycles. The lowest BCUT2D eigenvalue weighted by Crippen LogP contribution is -2.30. The summed E-state index contributed by atoms with van der Waals surface area (Å²) in [5.74, 6) is -6.21. The summed E-state index contributed by atoms with van der Waals surface area (Å²) in [4.78, 5) is 24.7. The fourth-order valence-electron chi connectivity index (χ4n) is 0.969. The van der Waals surface area contributed by atoms with Gasteiger partial charge >= 0.3 is 0 Å². The van der Waals surface area contributed by atoms with Gasteiger partial charge in [0.15, 0.2) is 11.9 Å². The van der Waals surface area contributed by atoms with Crippen molar-refractivity contribution in [1.82, 2.24) is 10.7 Å². The van der Waals surface area contributed by atoms with Crippen LogP contribution < -0.4 is 10.7 Å². The fraction of sp³-hybridized carbons (Fsp3) is 0. The molecule has 0 atom stereocenters. The number of Topliss-reactive ketones (excluding diaryl/α,β-unsaturated/α-hetero) is 2. The molecule has 0 spiro atoms. The van der Waals surface area contributed by atoms with Gasteiger partial charge in [-0.3, -0.25) is 14.9 Å². The molecule has 80 valence electrons. The molecule has 1 rings (SSSR count). The highest BCUT2D eigenvalue weighted by Crippen LogP contribution is 2.23. The van der Waals surface area contributed by atoms with Gasteiger partial charge in [0.05, 0.1) is 0 Å². The monoisotopic (exact) mass is 224 g/mol. The van der Waals surface area contributed by atoms with Gasteiger partial charge in [0.25, 0.3) is 0 Å². The summed E-state index contributed by atoms with van der Waals surface area (Å²) in [7, 11) is 0. The van der Waals surface area contributed by atoms with E-state index in [-0.39, 0.29) is 0 Å². The summed E-state index contributed by atoms with van der Waals surface area (Å²) < 4.78 is 26.4. The van der Waals surface area contributed by atoms with Crippen molar-refractivity contribution in [2.75, 3.05) is 0 Å². The zero-order valence-corrected chi connectivity index (χ0v) is 7.47. The lowest BCUT2D eigenvalue weighted by atomic mass is 10.0. The topological polar surface area (TPSA) is 86.3 Å². The summed E-state index contributed by atoms with van der Waals surface area (Å²) in [5, 5.41) is 9.74. The minimum Gasteiger partial charge on any atom is -0.286 e. The number of nitriles is 1. The number of carbonyl (C=O) groups is 2. The van der Waals surface area contributed by atoms with E-state index in [9.17, 15) is 18.4 Å². The molecule has 0 aromatic rings. The van der Waals surface area contributed by atoms with Crippen molar-refractivity contribution in [3.63, 3.8) is 0 Å². The van der Waals surface area contributed by atoms with E-state index in [0.717, 1.165) is 0 Å². The Kier molecular flexibility index (Phi) is 2.97. The minimum absolute atomic E-state index is 1.07. The number of hydrogen-bond acceptors (Lipinski definition) is 5. The summed E-state index contributed by atoms with van der Waals surface area (Å²) in [6.45, 7) is 6.32. The van der Waals surface area contributed by atoms with Crippen LogP contribution in [0.3, 0.4) is 0 Å². The minimum atomic E-state index is -1.61. The van der Waals surface area contributed by atoms with E-state index in [2.05, 4.69) is 4.95 Å². The van der Waals surface area contributed by atoms with Crippen molar-refractivity contribution < 1.29 is 18.4 Å². The molecule has 0 aromatic heterocycles. The molecule has 1 aliphatic rings. The maximum atomic E-state index is 13.2. The van der Waals surface area contributed by atoms with Crippen molar-refractivity contribution >= 4 is 11.6 Å². The molecular weight excluding hydrogens is 222 g/mol. The van der Waals surface area contributed by atoms with Crippen LogP contribution in [0.2, 0.25) is 0 Å². The van der Waals surface area contributed by atoms with Crippen LogP contribution in [0.5, 0.6) is 0 Å². The quantitative estimate of drug-likeness (QED) is 0.226. The molecule has 0 bridgehead atoms. The molecular formula is C8H2F2N4O2. The van der Waals surface area contributed by atoms with E-state index in [1.165, 1.54) is 6.19 Å². The molecule has 0 radical (unpaired) electrons. The molecule has 6 nitrogen and oxygen atoms in total. The molecule has 0 amide bonds. The third-order valence-corrected chi connectivity index (χ3v) is 1.64.